The molecular weight excluding hydrogens is 633 g/mol. The second kappa shape index (κ2) is 11.6. The predicted octanol–water partition coefficient (Wildman–Crippen LogP) is 8.77. The molecule has 270 valence electrons. The quantitative estimate of drug-likeness (QED) is 0.212. The average molecular weight is 689 g/mol. The molecule has 0 saturated heterocycles. The van der Waals surface area contributed by atoms with Gasteiger partial charge >= 0.3 is 0 Å². The molecule has 7 nitrogen and oxygen atoms in total. The van der Waals surface area contributed by atoms with E-state index < -0.39 is 5.41 Å². The van der Waals surface area contributed by atoms with Crippen molar-refractivity contribution >= 4 is 22.7 Å². The van der Waals surface area contributed by atoms with Crippen LogP contribution >= 0.6 is 0 Å². The summed E-state index contributed by atoms with van der Waals surface area (Å²) in [7, 11) is 1.73. The van der Waals surface area contributed by atoms with E-state index in [1.54, 1.807) is 25.4 Å². The lowest BCUT2D eigenvalue weighted by Gasteiger charge is -2.71. The smallest absolute Gasteiger partial charge is 0.271 e. The standard InChI is InChI=1S/C44H56N4O3/c1-26-15-18-44(39(50)48-47-38(49)28-10-9-21-45-25-28)20-19-42(6)32(36(44)27(26)2)12-14-35-41(5)24-30-22-29-23-31(51-8)11-13-33(29)46-37(30)40(3,4)34(41)16-17-43(35,42)7/h9-13,21-23,25-27,34-36H,14-20,24H2,1-8H3,(H,47,49)(H,48,50)/t26-,27+,34+,35-,36+,41+,42-,43-,44+/m1/s1. The first-order valence-corrected chi connectivity index (χ1v) is 19.4. The van der Waals surface area contributed by atoms with Crippen molar-refractivity contribution in [2.45, 2.75) is 105 Å². The summed E-state index contributed by atoms with van der Waals surface area (Å²) in [5.41, 5.74) is 11.0. The van der Waals surface area contributed by atoms with Crippen LogP contribution in [-0.2, 0) is 16.6 Å². The van der Waals surface area contributed by atoms with Crippen molar-refractivity contribution in [1.82, 2.24) is 20.8 Å². The van der Waals surface area contributed by atoms with Crippen molar-refractivity contribution in [2.24, 2.45) is 51.2 Å². The van der Waals surface area contributed by atoms with E-state index in [1.165, 1.54) is 35.9 Å². The Balaban J connectivity index is 1.16. The summed E-state index contributed by atoms with van der Waals surface area (Å²) >= 11 is 0. The molecule has 0 spiro atoms. The van der Waals surface area contributed by atoms with Gasteiger partial charge in [0.15, 0.2) is 0 Å². The van der Waals surface area contributed by atoms with Crippen molar-refractivity contribution in [3.8, 4) is 5.75 Å². The molecule has 51 heavy (non-hydrogen) atoms. The van der Waals surface area contributed by atoms with Crippen molar-refractivity contribution in [2.75, 3.05) is 7.11 Å². The summed E-state index contributed by atoms with van der Waals surface area (Å²) in [5.74, 6) is 2.59. The molecule has 3 fully saturated rings. The van der Waals surface area contributed by atoms with Crippen molar-refractivity contribution < 1.29 is 14.3 Å². The van der Waals surface area contributed by atoms with Gasteiger partial charge in [-0.05, 0) is 139 Å². The second-order valence-corrected chi connectivity index (χ2v) is 18.4. The van der Waals surface area contributed by atoms with E-state index in [0.29, 0.717) is 29.2 Å². The van der Waals surface area contributed by atoms with E-state index in [4.69, 9.17) is 9.72 Å². The zero-order chi connectivity index (χ0) is 36.1. The number of ether oxygens (including phenoxy) is 1. The van der Waals surface area contributed by atoms with Crippen LogP contribution in [0, 0.1) is 51.2 Å². The first-order valence-electron chi connectivity index (χ1n) is 19.4. The van der Waals surface area contributed by atoms with Gasteiger partial charge < -0.3 is 4.74 Å². The molecule has 2 N–H and O–H groups in total. The third-order valence-corrected chi connectivity index (χ3v) is 16.1. The maximum absolute atomic E-state index is 14.5. The number of hydrazine groups is 1. The topological polar surface area (TPSA) is 93.2 Å². The Kier molecular flexibility index (Phi) is 7.83. The number of allylic oxidation sites excluding steroid dienone is 2. The molecule has 2 aromatic heterocycles. The molecule has 0 unspecified atom stereocenters. The van der Waals surface area contributed by atoms with Crippen LogP contribution < -0.4 is 15.6 Å². The zero-order valence-corrected chi connectivity index (χ0v) is 31.9. The molecule has 0 aliphatic heterocycles. The van der Waals surface area contributed by atoms with E-state index in [2.05, 4.69) is 88.6 Å². The van der Waals surface area contributed by atoms with Gasteiger partial charge in [-0.1, -0.05) is 60.1 Å². The van der Waals surface area contributed by atoms with Crippen LogP contribution in [0.5, 0.6) is 5.75 Å². The second-order valence-electron chi connectivity index (χ2n) is 18.4. The molecular formula is C44H56N4O3. The summed E-state index contributed by atoms with van der Waals surface area (Å²) in [6.45, 7) is 17.5. The molecule has 7 heteroatoms. The van der Waals surface area contributed by atoms with Crippen molar-refractivity contribution in [3.63, 3.8) is 0 Å². The first kappa shape index (κ1) is 34.4. The zero-order valence-electron chi connectivity index (χ0n) is 31.9. The lowest BCUT2D eigenvalue weighted by Crippen LogP contribution is -2.66. The van der Waals surface area contributed by atoms with Crippen LogP contribution in [0.1, 0.15) is 115 Å². The first-order chi connectivity index (χ1) is 24.2. The Hall–Kier alpha value is -3.74. The largest absolute Gasteiger partial charge is 0.497 e. The number of rotatable bonds is 3. The highest BCUT2D eigenvalue weighted by Gasteiger charge is 2.69. The van der Waals surface area contributed by atoms with E-state index in [0.717, 1.165) is 55.2 Å². The van der Waals surface area contributed by atoms with Crippen LogP contribution in [0.15, 0.2) is 60.4 Å². The third-order valence-electron chi connectivity index (χ3n) is 16.1. The Morgan fingerprint density at radius 2 is 1.73 bits per heavy atom. The van der Waals surface area contributed by atoms with Crippen molar-refractivity contribution in [3.05, 3.63) is 77.3 Å². The van der Waals surface area contributed by atoms with E-state index in [-0.39, 0.29) is 39.4 Å². The van der Waals surface area contributed by atoms with E-state index in [9.17, 15) is 9.59 Å². The van der Waals surface area contributed by atoms with Crippen LogP contribution in [0.25, 0.3) is 10.9 Å². The molecule has 0 bridgehead atoms. The van der Waals surface area contributed by atoms with Gasteiger partial charge in [0.2, 0.25) is 5.91 Å². The Morgan fingerprint density at radius 1 is 0.922 bits per heavy atom. The van der Waals surface area contributed by atoms with Gasteiger partial charge in [0.25, 0.3) is 5.91 Å². The monoisotopic (exact) mass is 688 g/mol. The molecule has 2 amide bonds. The van der Waals surface area contributed by atoms with E-state index in [1.807, 2.05) is 6.07 Å². The summed E-state index contributed by atoms with van der Waals surface area (Å²) in [4.78, 5) is 36.9. The van der Waals surface area contributed by atoms with Crippen LogP contribution in [0.4, 0.5) is 0 Å². The lowest BCUT2D eigenvalue weighted by atomic mass is 9.33. The summed E-state index contributed by atoms with van der Waals surface area (Å²) in [6, 6.07) is 12.1. The fourth-order valence-corrected chi connectivity index (χ4v) is 13.1. The Bertz CT molecular complexity index is 1940. The van der Waals surface area contributed by atoms with Crippen LogP contribution in [0.3, 0.4) is 0 Å². The minimum atomic E-state index is -0.538. The number of pyridine rings is 2. The van der Waals surface area contributed by atoms with Crippen LogP contribution in [0.2, 0.25) is 0 Å². The molecule has 5 aliphatic rings. The normalized spacial score (nSPS) is 37.7. The Labute approximate surface area is 303 Å². The lowest BCUT2D eigenvalue weighted by molar-refractivity contribution is -0.170. The highest BCUT2D eigenvalue weighted by molar-refractivity contribution is 5.95. The van der Waals surface area contributed by atoms with Crippen LogP contribution in [-0.4, -0.2) is 28.9 Å². The average Bonchev–Trinajstić information content (AvgIpc) is 3.11. The minimum absolute atomic E-state index is 0.0119. The minimum Gasteiger partial charge on any atom is -0.497 e. The van der Waals surface area contributed by atoms with Gasteiger partial charge in [-0.15, -0.1) is 0 Å². The van der Waals surface area contributed by atoms with Gasteiger partial charge in [0, 0.05) is 23.2 Å². The Morgan fingerprint density at radius 3 is 2.47 bits per heavy atom. The predicted molar refractivity (Wildman–Crippen MR) is 201 cm³/mol. The molecule has 3 saturated carbocycles. The van der Waals surface area contributed by atoms with Gasteiger partial charge in [0.05, 0.1) is 29.3 Å². The van der Waals surface area contributed by atoms with E-state index >= 15 is 0 Å². The number of methoxy groups -OCH3 is 1. The van der Waals surface area contributed by atoms with Gasteiger partial charge in [-0.3, -0.25) is 30.4 Å². The molecule has 8 rings (SSSR count). The number of benzene rings is 1. The molecule has 0 radical (unpaired) electrons. The van der Waals surface area contributed by atoms with Gasteiger partial charge in [0.1, 0.15) is 5.75 Å². The number of amides is 2. The fourth-order valence-electron chi connectivity index (χ4n) is 13.1. The molecule has 3 aromatic rings. The highest BCUT2D eigenvalue weighted by Crippen LogP contribution is 2.75. The number of carbonyl (C=O) groups is 2. The number of carbonyl (C=O) groups excluding carboxylic acids is 2. The fraction of sp³-hybridized carbons (Fsp3) is 0.591. The summed E-state index contributed by atoms with van der Waals surface area (Å²) in [5, 5.41) is 1.15. The third kappa shape index (κ3) is 4.74. The summed E-state index contributed by atoms with van der Waals surface area (Å²) in [6.07, 6.45) is 13.9. The number of nitrogens with one attached hydrogen (secondary N) is 2. The van der Waals surface area contributed by atoms with Gasteiger partial charge in [-0.25, -0.2) is 0 Å². The van der Waals surface area contributed by atoms with Crippen molar-refractivity contribution in [1.29, 1.82) is 0 Å². The molecule has 1 aromatic carbocycles. The SMILES string of the molecule is COc1ccc2nc3c(cc2c1)C[C@]1(C)[C@H]2CC=C4[C@@H]5[C@@H](C)[C@H](C)CC[C@]5(C(=O)NNC(=O)c5cccnc5)CC[C@@]4(C)[C@]2(C)CC[C@H]1C3(C)C. The number of hydrogen-bond acceptors (Lipinski definition) is 5. The highest BCUT2D eigenvalue weighted by atomic mass is 16.5. The maximum Gasteiger partial charge on any atom is 0.271 e. The molecule has 2 heterocycles. The number of hydrogen-bond donors (Lipinski definition) is 2. The number of fused-ring (bicyclic) bond motifs is 9. The number of nitrogens with zero attached hydrogens (tertiary/aromatic N) is 2. The molecule has 9 atom stereocenters. The number of aromatic nitrogens is 2. The summed E-state index contributed by atoms with van der Waals surface area (Å²) < 4.78 is 5.59. The van der Waals surface area contributed by atoms with Gasteiger partial charge in [-0.2, -0.15) is 0 Å². The maximum atomic E-state index is 14.5. The molecule has 5 aliphatic carbocycles.